The van der Waals surface area contributed by atoms with Gasteiger partial charge in [-0.2, -0.15) is 0 Å². The molecule has 0 radical (unpaired) electrons. The topological polar surface area (TPSA) is 78.0 Å². The lowest BCUT2D eigenvalue weighted by molar-refractivity contribution is 0.492. The zero-order chi connectivity index (χ0) is 20.8. The van der Waals surface area contributed by atoms with E-state index in [1.165, 1.54) is 15.2 Å². The molecule has 30 heavy (non-hydrogen) atoms. The van der Waals surface area contributed by atoms with Crippen molar-refractivity contribution in [3.8, 4) is 5.69 Å². The maximum Gasteiger partial charge on any atom is 0.337 e. The first kappa shape index (κ1) is 18.4. The quantitative estimate of drug-likeness (QED) is 0.552. The summed E-state index contributed by atoms with van der Waals surface area (Å²) in [6.07, 6.45) is 0.638. The number of halogens is 1. The zero-order valence-corrected chi connectivity index (χ0v) is 16.6. The number of anilines is 2. The average Bonchev–Trinajstić information content (AvgIpc) is 2.75. The van der Waals surface area contributed by atoms with Crippen LogP contribution in [0.25, 0.3) is 16.7 Å². The van der Waals surface area contributed by atoms with Gasteiger partial charge in [-0.3, -0.25) is 18.7 Å². The Morgan fingerprint density at radius 3 is 2.30 bits per heavy atom. The largest absolute Gasteiger partial charge is 0.355 e. The average molecular weight is 421 g/mol. The molecule has 1 aliphatic heterocycles. The van der Waals surface area contributed by atoms with Crippen LogP contribution in [-0.4, -0.2) is 13.7 Å². The lowest BCUT2D eigenvalue weighted by Gasteiger charge is -2.23. The first-order valence-corrected chi connectivity index (χ1v) is 9.94. The third-order valence-corrected chi connectivity index (χ3v) is 5.53. The van der Waals surface area contributed by atoms with E-state index in [2.05, 4.69) is 5.32 Å². The number of aromatic nitrogens is 3. The predicted octanol–water partition coefficient (Wildman–Crippen LogP) is 3.11. The van der Waals surface area contributed by atoms with Crippen molar-refractivity contribution in [3.63, 3.8) is 0 Å². The van der Waals surface area contributed by atoms with Gasteiger partial charge in [-0.05, 0) is 42.8 Å². The van der Waals surface area contributed by atoms with Crippen molar-refractivity contribution in [3.05, 3.63) is 96.9 Å². The Morgan fingerprint density at radius 1 is 0.867 bits per heavy atom. The minimum Gasteiger partial charge on any atom is -0.355 e. The molecule has 1 aliphatic rings. The summed E-state index contributed by atoms with van der Waals surface area (Å²) in [6.45, 7) is 0.900. The molecule has 7 nitrogen and oxygen atoms in total. The van der Waals surface area contributed by atoms with Gasteiger partial charge in [0.2, 0.25) is 0 Å². The maximum absolute atomic E-state index is 13.5. The summed E-state index contributed by atoms with van der Waals surface area (Å²) in [4.78, 5) is 39.5. The molecule has 8 heteroatoms. The van der Waals surface area contributed by atoms with Crippen molar-refractivity contribution >= 4 is 34.0 Å². The molecule has 2 aromatic carbocycles. The molecule has 2 aromatic heterocycles. The molecule has 1 N–H and O–H groups in total. The van der Waals surface area contributed by atoms with Gasteiger partial charge in [0.1, 0.15) is 11.0 Å². The van der Waals surface area contributed by atoms with Crippen LogP contribution in [0.15, 0.2) is 75.0 Å². The van der Waals surface area contributed by atoms with Crippen LogP contribution in [0.3, 0.4) is 0 Å². The SMILES string of the molecule is O=c1c2c(Nc3ccc(Cl)cc3)cc(=O)n3c2n(c(=O)n1-c1ccccc1)CCC3. The smallest absolute Gasteiger partial charge is 0.337 e. The molecular weight excluding hydrogens is 404 g/mol. The summed E-state index contributed by atoms with van der Waals surface area (Å²) in [5.74, 6) is 0. The summed E-state index contributed by atoms with van der Waals surface area (Å²) in [6, 6.07) is 17.2. The summed E-state index contributed by atoms with van der Waals surface area (Å²) in [7, 11) is 0. The molecule has 0 saturated carbocycles. The van der Waals surface area contributed by atoms with Gasteiger partial charge < -0.3 is 5.32 Å². The van der Waals surface area contributed by atoms with Crippen molar-refractivity contribution in [2.75, 3.05) is 5.32 Å². The van der Waals surface area contributed by atoms with Gasteiger partial charge in [-0.15, -0.1) is 0 Å². The molecule has 0 spiro atoms. The van der Waals surface area contributed by atoms with E-state index in [0.29, 0.717) is 52.6 Å². The molecule has 0 aliphatic carbocycles. The van der Waals surface area contributed by atoms with E-state index >= 15 is 0 Å². The second kappa shape index (κ2) is 7.03. The van der Waals surface area contributed by atoms with Gasteiger partial charge in [0.05, 0.1) is 11.4 Å². The summed E-state index contributed by atoms with van der Waals surface area (Å²) >= 11 is 5.96. The highest BCUT2D eigenvalue weighted by atomic mass is 35.5. The van der Waals surface area contributed by atoms with Crippen LogP contribution in [0.2, 0.25) is 5.02 Å². The number of rotatable bonds is 3. The van der Waals surface area contributed by atoms with Crippen LogP contribution in [-0.2, 0) is 13.1 Å². The van der Waals surface area contributed by atoms with Gasteiger partial charge in [-0.1, -0.05) is 29.8 Å². The Morgan fingerprint density at radius 2 is 1.57 bits per heavy atom. The molecule has 150 valence electrons. The van der Waals surface area contributed by atoms with E-state index in [9.17, 15) is 14.4 Å². The first-order valence-electron chi connectivity index (χ1n) is 9.56. The fourth-order valence-corrected chi connectivity index (χ4v) is 4.06. The monoisotopic (exact) mass is 420 g/mol. The molecule has 0 atom stereocenters. The number of nitrogens with zero attached hydrogens (tertiary/aromatic N) is 3. The Bertz CT molecular complexity index is 1450. The first-order chi connectivity index (χ1) is 14.5. The molecule has 5 rings (SSSR count). The lowest BCUT2D eigenvalue weighted by atomic mass is 10.2. The van der Waals surface area contributed by atoms with E-state index in [1.54, 1.807) is 48.5 Å². The zero-order valence-electron chi connectivity index (χ0n) is 15.8. The number of nitrogens with one attached hydrogen (secondary N) is 1. The van der Waals surface area contributed by atoms with Crippen molar-refractivity contribution < 1.29 is 0 Å². The second-order valence-corrected chi connectivity index (χ2v) is 7.58. The van der Waals surface area contributed by atoms with Gasteiger partial charge in [-0.25, -0.2) is 9.36 Å². The van der Waals surface area contributed by atoms with Gasteiger partial charge in [0.25, 0.3) is 11.1 Å². The molecule has 0 unspecified atom stereocenters. The van der Waals surface area contributed by atoms with Crippen molar-refractivity contribution in [2.24, 2.45) is 0 Å². The Balaban J connectivity index is 1.87. The van der Waals surface area contributed by atoms with Crippen molar-refractivity contribution in [2.45, 2.75) is 19.5 Å². The minimum atomic E-state index is -0.468. The van der Waals surface area contributed by atoms with E-state index in [0.717, 1.165) is 4.57 Å². The summed E-state index contributed by atoms with van der Waals surface area (Å²) < 4.78 is 4.18. The van der Waals surface area contributed by atoms with Crippen LogP contribution < -0.4 is 22.1 Å². The van der Waals surface area contributed by atoms with Gasteiger partial charge in [0, 0.05) is 29.9 Å². The lowest BCUT2D eigenvalue weighted by Crippen LogP contribution is -2.43. The third kappa shape index (κ3) is 2.86. The highest BCUT2D eigenvalue weighted by molar-refractivity contribution is 6.30. The predicted molar refractivity (Wildman–Crippen MR) is 117 cm³/mol. The highest BCUT2D eigenvalue weighted by Gasteiger charge is 2.23. The molecule has 0 amide bonds. The van der Waals surface area contributed by atoms with Crippen molar-refractivity contribution in [1.29, 1.82) is 0 Å². The second-order valence-electron chi connectivity index (χ2n) is 7.14. The fraction of sp³-hybridized carbons (Fsp3) is 0.136. The number of hydrogen-bond acceptors (Lipinski definition) is 4. The summed E-state index contributed by atoms with van der Waals surface area (Å²) in [5.41, 5.74) is 0.701. The van der Waals surface area contributed by atoms with E-state index in [1.807, 2.05) is 6.07 Å². The van der Waals surface area contributed by atoms with Crippen LogP contribution in [0.1, 0.15) is 6.42 Å². The van der Waals surface area contributed by atoms with Crippen LogP contribution in [0.5, 0.6) is 0 Å². The Hall–Kier alpha value is -3.58. The van der Waals surface area contributed by atoms with Crippen LogP contribution in [0.4, 0.5) is 11.4 Å². The van der Waals surface area contributed by atoms with E-state index in [4.69, 9.17) is 11.6 Å². The molecule has 0 fully saturated rings. The van der Waals surface area contributed by atoms with Crippen LogP contribution in [0, 0.1) is 0 Å². The number of pyridine rings is 1. The standard InChI is InChI=1S/C22H17ClN4O3/c23-14-7-9-15(10-8-14)24-17-13-18(28)25-11-4-12-26-20(25)19(17)21(29)27(22(26)30)16-5-2-1-3-6-16/h1-3,5-10,13,24H,4,11-12H2. The van der Waals surface area contributed by atoms with E-state index in [-0.39, 0.29) is 5.56 Å². The Labute approximate surface area is 175 Å². The summed E-state index contributed by atoms with van der Waals surface area (Å²) in [5, 5.41) is 4.03. The van der Waals surface area contributed by atoms with Crippen molar-refractivity contribution in [1.82, 2.24) is 13.7 Å². The molecule has 0 bridgehead atoms. The number of benzene rings is 2. The molecule has 4 aromatic rings. The fourth-order valence-electron chi connectivity index (χ4n) is 3.93. The van der Waals surface area contributed by atoms with Crippen LogP contribution >= 0.6 is 11.6 Å². The maximum atomic E-state index is 13.5. The Kier molecular flexibility index (Phi) is 4.33. The number of aryl methyl sites for hydroxylation is 2. The third-order valence-electron chi connectivity index (χ3n) is 5.28. The van der Waals surface area contributed by atoms with E-state index < -0.39 is 11.2 Å². The molecule has 3 heterocycles. The number of para-hydroxylation sites is 1. The normalized spacial score (nSPS) is 12.8. The molecule has 0 saturated heterocycles. The molecular formula is C22H17ClN4O3. The minimum absolute atomic E-state index is 0.260. The van der Waals surface area contributed by atoms with Gasteiger partial charge >= 0.3 is 5.69 Å². The van der Waals surface area contributed by atoms with Gasteiger partial charge in [0.15, 0.2) is 0 Å². The number of hydrogen-bond donors (Lipinski definition) is 1. The highest BCUT2D eigenvalue weighted by Crippen LogP contribution is 2.25.